The first kappa shape index (κ1) is 17.8. The van der Waals surface area contributed by atoms with Crippen LogP contribution in [0.15, 0.2) is 48.7 Å². The van der Waals surface area contributed by atoms with Crippen molar-refractivity contribution in [2.24, 2.45) is 11.5 Å². The number of hydrogen-bond acceptors (Lipinski definition) is 3. The molecule has 26 heavy (non-hydrogen) atoms. The normalized spacial score (nSPS) is 10.5. The van der Waals surface area contributed by atoms with Crippen molar-refractivity contribution in [2.45, 2.75) is 0 Å². The van der Waals surface area contributed by atoms with Gasteiger partial charge in [0.1, 0.15) is 0 Å². The van der Waals surface area contributed by atoms with Crippen LogP contribution >= 0.6 is 23.2 Å². The maximum absolute atomic E-state index is 11.5. The van der Waals surface area contributed by atoms with E-state index >= 15 is 0 Å². The quantitative estimate of drug-likeness (QED) is 0.634. The Morgan fingerprint density at radius 3 is 2.31 bits per heavy atom. The minimum atomic E-state index is -0.825. The molecule has 1 aromatic heterocycles. The second-order valence-corrected chi connectivity index (χ2v) is 6.27. The number of nitrogens with zero attached hydrogens (tertiary/aromatic N) is 2. The van der Waals surface area contributed by atoms with Crippen LogP contribution in [0.5, 0.6) is 0 Å². The van der Waals surface area contributed by atoms with Gasteiger partial charge in [-0.15, -0.1) is 0 Å². The van der Waals surface area contributed by atoms with E-state index in [9.17, 15) is 9.59 Å². The molecule has 0 aliphatic carbocycles. The Morgan fingerprint density at radius 2 is 1.69 bits per heavy atom. The molecule has 5 N–H and O–H groups in total. The lowest BCUT2D eigenvalue weighted by molar-refractivity contribution is 0.0996. The summed E-state index contributed by atoms with van der Waals surface area (Å²) in [5.41, 5.74) is 12.7. The van der Waals surface area contributed by atoms with E-state index in [1.165, 1.54) is 10.9 Å². The molecule has 0 aliphatic rings. The largest absolute Gasteiger partial charge is 0.364 e. The molecular weight excluding hydrogens is 377 g/mol. The smallest absolute Gasteiger partial charge is 0.316 e. The van der Waals surface area contributed by atoms with Gasteiger partial charge in [0.25, 0.3) is 5.91 Å². The van der Waals surface area contributed by atoms with Crippen LogP contribution < -0.4 is 16.8 Å². The number of anilines is 1. The van der Waals surface area contributed by atoms with Gasteiger partial charge < -0.3 is 16.8 Å². The minimum Gasteiger partial charge on any atom is -0.364 e. The number of primary amides is 2. The number of halogens is 2. The van der Waals surface area contributed by atoms with E-state index in [0.29, 0.717) is 15.7 Å². The van der Waals surface area contributed by atoms with Crippen LogP contribution in [0, 0.1) is 0 Å². The molecular formula is C17H13Cl2N5O2. The summed E-state index contributed by atoms with van der Waals surface area (Å²) >= 11 is 12.1. The average Bonchev–Trinajstić information content (AvgIpc) is 2.97. The van der Waals surface area contributed by atoms with E-state index < -0.39 is 11.9 Å². The molecule has 9 heteroatoms. The summed E-state index contributed by atoms with van der Waals surface area (Å²) in [6.45, 7) is 0. The Bertz CT molecular complexity index is 996. The van der Waals surface area contributed by atoms with Crippen molar-refractivity contribution < 1.29 is 9.59 Å². The molecule has 3 rings (SSSR count). The van der Waals surface area contributed by atoms with Crippen molar-refractivity contribution in [3.05, 3.63) is 64.4 Å². The maximum atomic E-state index is 11.5. The predicted molar refractivity (Wildman–Crippen MR) is 101 cm³/mol. The number of nitrogens with one attached hydrogen (secondary N) is 1. The Kier molecular flexibility index (Phi) is 4.83. The van der Waals surface area contributed by atoms with Gasteiger partial charge in [0, 0.05) is 10.0 Å². The first-order chi connectivity index (χ1) is 12.3. The molecule has 1 heterocycles. The van der Waals surface area contributed by atoms with Gasteiger partial charge in [0.15, 0.2) is 5.69 Å². The molecule has 0 radical (unpaired) electrons. The SMILES string of the molecule is NC(=O)Nc1cn(-c2cccc(-c3cc(Cl)cc(Cl)c3)c2)nc1C(N)=O. The molecule has 3 aromatic rings. The van der Waals surface area contributed by atoms with E-state index in [-0.39, 0.29) is 11.4 Å². The van der Waals surface area contributed by atoms with E-state index in [4.69, 9.17) is 34.7 Å². The topological polar surface area (TPSA) is 116 Å². The summed E-state index contributed by atoms with van der Waals surface area (Å²) in [5.74, 6) is -0.787. The molecule has 0 atom stereocenters. The third kappa shape index (κ3) is 3.79. The van der Waals surface area contributed by atoms with Crippen LogP contribution in [0.4, 0.5) is 10.5 Å². The summed E-state index contributed by atoms with van der Waals surface area (Å²) in [5, 5.41) is 7.48. The molecule has 3 amide bonds. The fourth-order valence-electron chi connectivity index (χ4n) is 2.46. The number of aromatic nitrogens is 2. The zero-order chi connectivity index (χ0) is 18.8. The number of carbonyl (C=O) groups is 2. The maximum Gasteiger partial charge on any atom is 0.316 e. The van der Waals surface area contributed by atoms with Crippen molar-refractivity contribution in [2.75, 3.05) is 5.32 Å². The summed E-state index contributed by atoms with van der Waals surface area (Å²) in [6, 6.07) is 11.7. The van der Waals surface area contributed by atoms with Crippen LogP contribution in [-0.4, -0.2) is 21.7 Å². The number of carbonyl (C=O) groups excluding carboxylic acids is 2. The van der Waals surface area contributed by atoms with Crippen LogP contribution in [0.3, 0.4) is 0 Å². The highest BCUT2D eigenvalue weighted by atomic mass is 35.5. The Labute approximate surface area is 158 Å². The summed E-state index contributed by atoms with van der Waals surface area (Å²) in [4.78, 5) is 22.6. The number of rotatable bonds is 4. The third-order valence-corrected chi connectivity index (χ3v) is 3.95. The van der Waals surface area contributed by atoms with Crippen molar-refractivity contribution in [3.8, 4) is 16.8 Å². The monoisotopic (exact) mass is 389 g/mol. The van der Waals surface area contributed by atoms with Gasteiger partial charge in [-0.05, 0) is 41.5 Å². The van der Waals surface area contributed by atoms with Gasteiger partial charge in [-0.3, -0.25) is 4.79 Å². The van der Waals surface area contributed by atoms with E-state index in [0.717, 1.165) is 11.1 Å². The lowest BCUT2D eigenvalue weighted by Crippen LogP contribution is -2.22. The molecule has 0 saturated carbocycles. The third-order valence-electron chi connectivity index (χ3n) is 3.51. The standard InChI is InChI=1S/C17H13Cl2N5O2/c18-11-4-10(5-12(19)7-11)9-2-1-3-13(6-9)24-8-14(22-17(21)26)15(23-24)16(20)25/h1-8H,(H2,20,25)(H3,21,22,26). The van der Waals surface area contributed by atoms with Gasteiger partial charge in [-0.1, -0.05) is 35.3 Å². The van der Waals surface area contributed by atoms with Crippen LogP contribution in [0.2, 0.25) is 10.0 Å². The first-order valence-electron chi connectivity index (χ1n) is 7.36. The van der Waals surface area contributed by atoms with Gasteiger partial charge in [-0.25, -0.2) is 9.48 Å². The molecule has 0 unspecified atom stereocenters. The van der Waals surface area contributed by atoms with Crippen LogP contribution in [-0.2, 0) is 0 Å². The molecule has 2 aromatic carbocycles. The van der Waals surface area contributed by atoms with Crippen molar-refractivity contribution in [1.82, 2.24) is 9.78 Å². The summed E-state index contributed by atoms with van der Waals surface area (Å²) in [7, 11) is 0. The number of hydrogen-bond donors (Lipinski definition) is 3. The first-order valence-corrected chi connectivity index (χ1v) is 8.12. The molecule has 0 saturated heterocycles. The predicted octanol–water partition coefficient (Wildman–Crippen LogP) is 3.44. The van der Waals surface area contributed by atoms with Crippen molar-refractivity contribution in [1.29, 1.82) is 0 Å². The molecule has 0 fully saturated rings. The van der Waals surface area contributed by atoms with Crippen LogP contribution in [0.25, 0.3) is 16.8 Å². The van der Waals surface area contributed by atoms with E-state index in [1.807, 2.05) is 18.2 Å². The zero-order valence-corrected chi connectivity index (χ0v) is 14.8. The van der Waals surface area contributed by atoms with Crippen molar-refractivity contribution >= 4 is 40.8 Å². The van der Waals surface area contributed by atoms with Gasteiger partial charge in [0.2, 0.25) is 0 Å². The summed E-state index contributed by atoms with van der Waals surface area (Å²) in [6.07, 6.45) is 1.45. The second-order valence-electron chi connectivity index (χ2n) is 5.40. The van der Waals surface area contributed by atoms with E-state index in [1.54, 1.807) is 24.3 Å². The number of benzene rings is 2. The molecule has 132 valence electrons. The van der Waals surface area contributed by atoms with Gasteiger partial charge in [0.05, 0.1) is 17.6 Å². The van der Waals surface area contributed by atoms with Crippen LogP contribution in [0.1, 0.15) is 10.5 Å². The average molecular weight is 390 g/mol. The number of urea groups is 1. The fraction of sp³-hybridized carbons (Fsp3) is 0. The fourth-order valence-corrected chi connectivity index (χ4v) is 2.99. The molecule has 0 aliphatic heterocycles. The van der Waals surface area contributed by atoms with Gasteiger partial charge >= 0.3 is 6.03 Å². The minimum absolute atomic E-state index is 0.0972. The highest BCUT2D eigenvalue weighted by Gasteiger charge is 2.16. The van der Waals surface area contributed by atoms with Gasteiger partial charge in [-0.2, -0.15) is 5.10 Å². The molecule has 0 spiro atoms. The second kappa shape index (κ2) is 7.07. The highest BCUT2D eigenvalue weighted by molar-refractivity contribution is 6.35. The molecule has 0 bridgehead atoms. The highest BCUT2D eigenvalue weighted by Crippen LogP contribution is 2.28. The number of amides is 3. The molecule has 7 nitrogen and oxygen atoms in total. The van der Waals surface area contributed by atoms with Crippen molar-refractivity contribution in [3.63, 3.8) is 0 Å². The Balaban J connectivity index is 2.05. The Hall–Kier alpha value is -3.03. The lowest BCUT2D eigenvalue weighted by Gasteiger charge is -2.07. The lowest BCUT2D eigenvalue weighted by atomic mass is 10.1. The Morgan fingerprint density at radius 1 is 1.00 bits per heavy atom. The number of nitrogens with two attached hydrogens (primary N) is 2. The van der Waals surface area contributed by atoms with E-state index in [2.05, 4.69) is 10.4 Å². The summed E-state index contributed by atoms with van der Waals surface area (Å²) < 4.78 is 1.42. The zero-order valence-electron chi connectivity index (χ0n) is 13.2.